The number of ether oxygens (including phenoxy) is 1. The van der Waals surface area contributed by atoms with Crippen molar-refractivity contribution in [2.75, 3.05) is 46.2 Å². The summed E-state index contributed by atoms with van der Waals surface area (Å²) in [6.45, 7) is 3.79. The number of carbonyl (C=O) groups excluding carboxylic acids is 1. The zero-order valence-corrected chi connectivity index (χ0v) is 20.0. The molecule has 1 saturated heterocycles. The summed E-state index contributed by atoms with van der Waals surface area (Å²) in [6.07, 6.45) is -3.39. The van der Waals surface area contributed by atoms with Gasteiger partial charge < -0.3 is 19.9 Å². The Labute approximate surface area is 200 Å². The van der Waals surface area contributed by atoms with Crippen LogP contribution < -0.4 is 10.1 Å². The van der Waals surface area contributed by atoms with Gasteiger partial charge in [0.1, 0.15) is 23.2 Å². The molecule has 2 aromatic rings. The van der Waals surface area contributed by atoms with Gasteiger partial charge in [0, 0.05) is 51.1 Å². The third-order valence-corrected chi connectivity index (χ3v) is 6.38. The third-order valence-electron chi connectivity index (χ3n) is 6.38. The van der Waals surface area contributed by atoms with Crippen LogP contribution in [0, 0.1) is 5.82 Å². The minimum Gasteiger partial charge on any atom is -0.496 e. The van der Waals surface area contributed by atoms with E-state index >= 15 is 4.39 Å². The fourth-order valence-electron chi connectivity index (χ4n) is 4.66. The molecule has 7 nitrogen and oxygen atoms in total. The van der Waals surface area contributed by atoms with Gasteiger partial charge in [0.15, 0.2) is 0 Å². The van der Waals surface area contributed by atoms with Crippen molar-refractivity contribution in [3.05, 3.63) is 52.2 Å². The van der Waals surface area contributed by atoms with Crippen molar-refractivity contribution >= 4 is 17.3 Å². The van der Waals surface area contributed by atoms with Crippen LogP contribution in [-0.4, -0.2) is 78.7 Å². The first kappa shape index (κ1) is 24.9. The van der Waals surface area contributed by atoms with Crippen LogP contribution in [0.15, 0.2) is 18.2 Å². The first-order valence-electron chi connectivity index (χ1n) is 11.2. The molecule has 1 aliphatic heterocycles. The molecule has 2 heterocycles. The summed E-state index contributed by atoms with van der Waals surface area (Å²) >= 11 is 0. The number of alkyl halides is 3. The molecule has 0 spiro atoms. The highest BCUT2D eigenvalue weighted by Gasteiger charge is 2.40. The van der Waals surface area contributed by atoms with Crippen molar-refractivity contribution in [3.8, 4) is 5.75 Å². The van der Waals surface area contributed by atoms with Crippen LogP contribution in [0.1, 0.15) is 39.9 Å². The number of halogens is 4. The number of hydrogen-bond acceptors (Lipinski definition) is 6. The van der Waals surface area contributed by atoms with Gasteiger partial charge in [-0.2, -0.15) is 13.2 Å². The molecule has 0 radical (unpaired) electrons. The lowest BCUT2D eigenvalue weighted by Crippen LogP contribution is -2.52. The Hall–Kier alpha value is -3.21. The van der Waals surface area contributed by atoms with Crippen LogP contribution in [-0.2, 0) is 12.8 Å². The number of anilines is 1. The molecule has 1 N–H and O–H groups in total. The lowest BCUT2D eigenvalue weighted by molar-refractivity contribution is -0.0687. The Bertz CT molecular complexity index is 1180. The highest BCUT2D eigenvalue weighted by atomic mass is 19.4. The number of rotatable bonds is 5. The first-order valence-corrected chi connectivity index (χ1v) is 11.2. The molecule has 0 bridgehead atoms. The highest BCUT2D eigenvalue weighted by Crippen LogP contribution is 2.42. The lowest BCUT2D eigenvalue weighted by atomic mass is 10.0. The van der Waals surface area contributed by atoms with E-state index in [9.17, 15) is 18.0 Å². The number of likely N-dealkylation sites (N-methyl/N-ethyl adjacent to an activating group) is 1. The molecular formula is C24H27F4N5O2. The van der Waals surface area contributed by atoms with Crippen LogP contribution in [0.2, 0.25) is 0 Å². The second-order valence-corrected chi connectivity index (χ2v) is 8.81. The minimum absolute atomic E-state index is 0.0167. The van der Waals surface area contributed by atoms with Crippen molar-refractivity contribution in [2.45, 2.75) is 32.0 Å². The molecule has 2 aliphatic rings. The minimum atomic E-state index is -4.52. The summed E-state index contributed by atoms with van der Waals surface area (Å²) in [6, 6.07) is 2.51. The Kier molecular flexibility index (Phi) is 6.72. The van der Waals surface area contributed by atoms with Crippen molar-refractivity contribution in [2.24, 2.45) is 0 Å². The number of nitrogens with one attached hydrogen (secondary N) is 1. The molecule has 0 unspecified atom stereocenters. The van der Waals surface area contributed by atoms with Gasteiger partial charge in [-0.05, 0) is 26.1 Å². The quantitative estimate of drug-likeness (QED) is 0.643. The summed E-state index contributed by atoms with van der Waals surface area (Å²) in [5.74, 6) is -0.561. The van der Waals surface area contributed by atoms with Crippen LogP contribution in [0.3, 0.4) is 0 Å². The number of aromatic nitrogens is 2. The monoisotopic (exact) mass is 493 g/mol. The van der Waals surface area contributed by atoms with Gasteiger partial charge in [-0.15, -0.1) is 0 Å². The van der Waals surface area contributed by atoms with Crippen LogP contribution >= 0.6 is 0 Å². The Balaban J connectivity index is 1.64. The second kappa shape index (κ2) is 9.44. The Morgan fingerprint density at radius 3 is 2.63 bits per heavy atom. The van der Waals surface area contributed by atoms with E-state index in [1.54, 1.807) is 4.90 Å². The van der Waals surface area contributed by atoms with E-state index in [0.717, 1.165) is 6.08 Å². The Morgan fingerprint density at radius 2 is 2.00 bits per heavy atom. The number of methoxy groups -OCH3 is 1. The fourth-order valence-corrected chi connectivity index (χ4v) is 4.66. The van der Waals surface area contributed by atoms with Crippen LogP contribution in [0.25, 0.3) is 5.57 Å². The summed E-state index contributed by atoms with van der Waals surface area (Å²) in [7, 11) is 4.86. The van der Waals surface area contributed by atoms with E-state index < -0.39 is 23.5 Å². The molecule has 0 saturated carbocycles. The standard InChI is InChI=1S/C24H27F4N5O2/c1-13-12-32(3)7-8-33(13)23(34)15-11-19(35-4)14(9-17(15)25)10-20-30-18-6-5-16(24(26,27)28)21(18)22(29-2)31-20/h5,9,11,13H,6-8,10,12H2,1-4H3,(H,29,30,31)/t13-/m1/s1. The highest BCUT2D eigenvalue weighted by molar-refractivity contribution is 5.95. The van der Waals surface area contributed by atoms with Crippen molar-refractivity contribution < 1.29 is 27.1 Å². The number of fused-ring (bicyclic) bond motifs is 1. The molecule has 35 heavy (non-hydrogen) atoms. The maximum absolute atomic E-state index is 15.1. The fraction of sp³-hybridized carbons (Fsp3) is 0.458. The normalized spacial score (nSPS) is 18.3. The van der Waals surface area contributed by atoms with Gasteiger partial charge in [-0.25, -0.2) is 14.4 Å². The molecule has 1 amide bonds. The molecule has 1 aliphatic carbocycles. The average molecular weight is 494 g/mol. The second-order valence-electron chi connectivity index (χ2n) is 8.81. The Morgan fingerprint density at radius 1 is 1.26 bits per heavy atom. The number of benzene rings is 1. The van der Waals surface area contributed by atoms with Crippen LogP contribution in [0.4, 0.5) is 23.4 Å². The number of nitrogens with zero attached hydrogens (tertiary/aromatic N) is 4. The molecule has 4 rings (SSSR count). The lowest BCUT2D eigenvalue weighted by Gasteiger charge is -2.38. The van der Waals surface area contributed by atoms with Crippen LogP contribution in [0.5, 0.6) is 5.75 Å². The van der Waals surface area contributed by atoms with E-state index in [1.807, 2.05) is 14.0 Å². The van der Waals surface area contributed by atoms with Crippen molar-refractivity contribution in [3.63, 3.8) is 0 Å². The SMILES string of the molecule is CNc1nc(Cc2cc(F)c(C(=O)N3CCN(C)C[C@H]3C)cc2OC)nc2c1C(C(F)(F)F)=CC2. The van der Waals surface area contributed by atoms with Gasteiger partial charge in [-0.3, -0.25) is 4.79 Å². The third kappa shape index (κ3) is 4.82. The number of amides is 1. The predicted octanol–water partition coefficient (Wildman–Crippen LogP) is 3.53. The number of piperazine rings is 1. The maximum atomic E-state index is 15.1. The largest absolute Gasteiger partial charge is 0.496 e. The van der Waals surface area contributed by atoms with E-state index in [-0.39, 0.29) is 53.1 Å². The average Bonchev–Trinajstić information content (AvgIpc) is 3.23. The summed E-state index contributed by atoms with van der Waals surface area (Å²) in [5, 5.41) is 2.71. The molecule has 1 aromatic carbocycles. The molecule has 188 valence electrons. The smallest absolute Gasteiger partial charge is 0.416 e. The van der Waals surface area contributed by atoms with E-state index in [4.69, 9.17) is 4.74 Å². The molecule has 11 heteroatoms. The summed E-state index contributed by atoms with van der Waals surface area (Å²) < 4.78 is 60.7. The molecule has 1 fully saturated rings. The van der Waals surface area contributed by atoms with Gasteiger partial charge in [-0.1, -0.05) is 6.08 Å². The molecular weight excluding hydrogens is 466 g/mol. The summed E-state index contributed by atoms with van der Waals surface area (Å²) in [4.78, 5) is 25.4. The van der Waals surface area contributed by atoms with E-state index in [2.05, 4.69) is 20.2 Å². The zero-order chi connectivity index (χ0) is 25.5. The molecule has 1 aromatic heterocycles. The zero-order valence-electron chi connectivity index (χ0n) is 20.0. The van der Waals surface area contributed by atoms with Crippen molar-refractivity contribution in [1.29, 1.82) is 0 Å². The van der Waals surface area contributed by atoms with Gasteiger partial charge in [0.05, 0.1) is 29.5 Å². The number of allylic oxidation sites excluding steroid dienone is 2. The van der Waals surface area contributed by atoms with Gasteiger partial charge in [0.25, 0.3) is 5.91 Å². The van der Waals surface area contributed by atoms with E-state index in [1.165, 1.54) is 26.3 Å². The van der Waals surface area contributed by atoms with E-state index in [0.29, 0.717) is 25.2 Å². The van der Waals surface area contributed by atoms with Gasteiger partial charge >= 0.3 is 6.18 Å². The predicted molar refractivity (Wildman–Crippen MR) is 123 cm³/mol. The van der Waals surface area contributed by atoms with Gasteiger partial charge in [0.2, 0.25) is 0 Å². The number of carbonyl (C=O) groups is 1. The topological polar surface area (TPSA) is 70.6 Å². The summed E-state index contributed by atoms with van der Waals surface area (Å²) in [5.41, 5.74) is -0.289. The first-order chi connectivity index (χ1) is 16.5. The maximum Gasteiger partial charge on any atom is 0.416 e. The number of hydrogen-bond donors (Lipinski definition) is 1. The molecule has 1 atom stereocenters. The van der Waals surface area contributed by atoms with Crippen molar-refractivity contribution in [1.82, 2.24) is 19.8 Å².